The molecule has 0 saturated heterocycles. The highest BCUT2D eigenvalue weighted by atomic mass is 15.3. The fraction of sp³-hybridized carbons (Fsp3) is 0.588. The van der Waals surface area contributed by atoms with Gasteiger partial charge in [-0.15, -0.1) is 0 Å². The lowest BCUT2D eigenvalue weighted by atomic mass is 9.82. The summed E-state index contributed by atoms with van der Waals surface area (Å²) in [5.41, 5.74) is 2.48. The number of nitrogens with one attached hydrogen (secondary N) is 1. The monoisotopic (exact) mass is 271 g/mol. The summed E-state index contributed by atoms with van der Waals surface area (Å²) < 4.78 is 2.03. The highest BCUT2D eigenvalue weighted by Gasteiger charge is 2.27. The van der Waals surface area contributed by atoms with E-state index in [-0.39, 0.29) is 0 Å². The van der Waals surface area contributed by atoms with Gasteiger partial charge in [0.1, 0.15) is 0 Å². The molecule has 1 aromatic heterocycles. The van der Waals surface area contributed by atoms with Crippen LogP contribution in [0, 0.1) is 5.92 Å². The molecule has 1 unspecified atom stereocenters. The van der Waals surface area contributed by atoms with Crippen LogP contribution >= 0.6 is 0 Å². The van der Waals surface area contributed by atoms with Crippen LogP contribution in [0.5, 0.6) is 0 Å². The number of aryl methyl sites for hydroxylation is 1. The molecule has 1 fully saturated rings. The Bertz CT molecular complexity index is 567. The quantitative estimate of drug-likeness (QED) is 0.916. The molecule has 1 atom stereocenters. The summed E-state index contributed by atoms with van der Waals surface area (Å²) in [5, 5.41) is 9.85. The van der Waals surface area contributed by atoms with Crippen LogP contribution in [0.15, 0.2) is 24.3 Å². The molecule has 0 aliphatic heterocycles. The molecule has 0 amide bonds. The maximum atomic E-state index is 4.84. The van der Waals surface area contributed by atoms with Gasteiger partial charge in [0.15, 0.2) is 0 Å². The molecule has 3 rings (SSSR count). The number of nitrogens with zero attached hydrogens (tertiary/aromatic N) is 2. The van der Waals surface area contributed by atoms with Gasteiger partial charge >= 0.3 is 0 Å². The number of aromatic nitrogens is 2. The third kappa shape index (κ3) is 2.47. The van der Waals surface area contributed by atoms with E-state index in [9.17, 15) is 0 Å². The van der Waals surface area contributed by atoms with Crippen LogP contribution in [-0.2, 0) is 7.05 Å². The summed E-state index contributed by atoms with van der Waals surface area (Å²) in [6, 6.07) is 9.00. The summed E-state index contributed by atoms with van der Waals surface area (Å²) in [4.78, 5) is 0. The lowest BCUT2D eigenvalue weighted by Gasteiger charge is -2.30. The van der Waals surface area contributed by atoms with Gasteiger partial charge in [-0.25, -0.2) is 0 Å². The van der Waals surface area contributed by atoms with Crippen molar-refractivity contribution in [3.8, 4) is 0 Å². The van der Waals surface area contributed by atoms with Gasteiger partial charge in [-0.05, 0) is 31.4 Å². The third-order valence-corrected chi connectivity index (χ3v) is 4.63. The molecule has 0 spiro atoms. The Balaban J connectivity index is 2.00. The normalized spacial score (nSPS) is 18.5. The van der Waals surface area contributed by atoms with E-state index in [0.29, 0.717) is 6.04 Å². The van der Waals surface area contributed by atoms with E-state index in [1.54, 1.807) is 0 Å². The molecule has 3 heteroatoms. The number of hydrogen-bond donors (Lipinski definition) is 1. The van der Waals surface area contributed by atoms with Crippen LogP contribution in [-0.4, -0.2) is 16.3 Å². The van der Waals surface area contributed by atoms with Gasteiger partial charge in [-0.1, -0.05) is 44.4 Å². The zero-order chi connectivity index (χ0) is 13.9. The van der Waals surface area contributed by atoms with Gasteiger partial charge in [0.05, 0.1) is 17.3 Å². The Labute approximate surface area is 121 Å². The van der Waals surface area contributed by atoms with Gasteiger partial charge in [-0.2, -0.15) is 5.10 Å². The zero-order valence-corrected chi connectivity index (χ0v) is 12.6. The van der Waals surface area contributed by atoms with Crippen LogP contribution in [0.3, 0.4) is 0 Å². The minimum Gasteiger partial charge on any atom is -0.309 e. The largest absolute Gasteiger partial charge is 0.309 e. The minimum absolute atomic E-state index is 0.409. The third-order valence-electron chi connectivity index (χ3n) is 4.63. The van der Waals surface area contributed by atoms with E-state index in [2.05, 4.69) is 43.6 Å². The van der Waals surface area contributed by atoms with Crippen molar-refractivity contribution in [2.45, 2.75) is 45.1 Å². The first kappa shape index (κ1) is 13.6. The van der Waals surface area contributed by atoms with Gasteiger partial charge in [0, 0.05) is 12.4 Å². The smallest absolute Gasteiger partial charge is 0.0875 e. The highest BCUT2D eigenvalue weighted by Crippen LogP contribution is 2.36. The molecular formula is C17H25N3. The lowest BCUT2D eigenvalue weighted by molar-refractivity contribution is 0.271. The average Bonchev–Trinajstić information content (AvgIpc) is 2.83. The molecule has 0 bridgehead atoms. The van der Waals surface area contributed by atoms with Crippen molar-refractivity contribution in [1.29, 1.82) is 0 Å². The molecule has 1 heterocycles. The molecule has 1 aliphatic rings. The van der Waals surface area contributed by atoms with Crippen LogP contribution < -0.4 is 5.32 Å². The Morgan fingerprint density at radius 2 is 2.00 bits per heavy atom. The van der Waals surface area contributed by atoms with Gasteiger partial charge in [-0.3, -0.25) is 4.68 Å². The molecule has 1 saturated carbocycles. The molecule has 3 nitrogen and oxygen atoms in total. The number of benzene rings is 1. The molecule has 1 N–H and O–H groups in total. The van der Waals surface area contributed by atoms with Crippen LogP contribution in [0.4, 0.5) is 0 Å². The first-order chi connectivity index (χ1) is 9.81. The maximum Gasteiger partial charge on any atom is 0.0875 e. The number of hydrogen-bond acceptors (Lipinski definition) is 2. The van der Waals surface area contributed by atoms with Crippen molar-refractivity contribution in [1.82, 2.24) is 15.1 Å². The van der Waals surface area contributed by atoms with E-state index >= 15 is 0 Å². The lowest BCUT2D eigenvalue weighted by Crippen LogP contribution is -2.30. The van der Waals surface area contributed by atoms with E-state index in [4.69, 9.17) is 5.10 Å². The Kier molecular flexibility index (Phi) is 4.06. The topological polar surface area (TPSA) is 29.9 Å². The molecule has 108 valence electrons. The van der Waals surface area contributed by atoms with Gasteiger partial charge in [0.2, 0.25) is 0 Å². The van der Waals surface area contributed by atoms with E-state index < -0.39 is 0 Å². The Hall–Kier alpha value is -1.35. The van der Waals surface area contributed by atoms with Crippen LogP contribution in [0.25, 0.3) is 10.9 Å². The van der Waals surface area contributed by atoms with Crippen LogP contribution in [0.1, 0.15) is 50.8 Å². The molecule has 2 aromatic rings. The molecular weight excluding hydrogens is 246 g/mol. The molecule has 0 radical (unpaired) electrons. The van der Waals surface area contributed by atoms with Crippen molar-refractivity contribution in [3.05, 3.63) is 30.0 Å². The minimum atomic E-state index is 0.409. The van der Waals surface area contributed by atoms with Crippen molar-refractivity contribution >= 4 is 10.9 Å². The summed E-state index contributed by atoms with van der Waals surface area (Å²) in [7, 11) is 2.05. The second-order valence-corrected chi connectivity index (χ2v) is 5.96. The summed E-state index contributed by atoms with van der Waals surface area (Å²) in [5.74, 6) is 0.738. The molecule has 20 heavy (non-hydrogen) atoms. The van der Waals surface area contributed by atoms with E-state index in [1.807, 2.05) is 4.68 Å². The second-order valence-electron chi connectivity index (χ2n) is 5.96. The second kappa shape index (κ2) is 5.96. The average molecular weight is 271 g/mol. The molecule has 1 aromatic carbocycles. The molecule has 1 aliphatic carbocycles. The summed E-state index contributed by atoms with van der Waals surface area (Å²) in [6.45, 7) is 3.20. The fourth-order valence-electron chi connectivity index (χ4n) is 3.65. The zero-order valence-electron chi connectivity index (χ0n) is 12.6. The SMILES string of the molecule is CCNC(c1nn(C)c2ccccc12)C1CCCCC1. The highest BCUT2D eigenvalue weighted by molar-refractivity contribution is 5.82. The van der Waals surface area contributed by atoms with Crippen molar-refractivity contribution in [3.63, 3.8) is 0 Å². The Morgan fingerprint density at radius 3 is 2.75 bits per heavy atom. The van der Waals surface area contributed by atoms with E-state index in [1.165, 1.54) is 48.7 Å². The van der Waals surface area contributed by atoms with Gasteiger partial charge in [0.25, 0.3) is 0 Å². The maximum absolute atomic E-state index is 4.84. The predicted octanol–water partition coefficient (Wildman–Crippen LogP) is 3.80. The fourth-order valence-corrected chi connectivity index (χ4v) is 3.65. The summed E-state index contributed by atoms with van der Waals surface area (Å²) in [6.07, 6.45) is 6.82. The van der Waals surface area contributed by atoms with Crippen LogP contribution in [0.2, 0.25) is 0 Å². The number of para-hydroxylation sites is 1. The van der Waals surface area contributed by atoms with Gasteiger partial charge < -0.3 is 5.32 Å². The summed E-state index contributed by atoms with van der Waals surface area (Å²) >= 11 is 0. The first-order valence-electron chi connectivity index (χ1n) is 7.96. The van der Waals surface area contributed by atoms with Crippen molar-refractivity contribution < 1.29 is 0 Å². The van der Waals surface area contributed by atoms with Crippen molar-refractivity contribution in [2.24, 2.45) is 13.0 Å². The van der Waals surface area contributed by atoms with E-state index in [0.717, 1.165) is 12.5 Å². The predicted molar refractivity (Wildman–Crippen MR) is 83.7 cm³/mol. The number of rotatable bonds is 4. The first-order valence-corrected chi connectivity index (χ1v) is 7.96. The number of fused-ring (bicyclic) bond motifs is 1. The Morgan fingerprint density at radius 1 is 1.25 bits per heavy atom. The van der Waals surface area contributed by atoms with Crippen molar-refractivity contribution in [2.75, 3.05) is 6.54 Å². The standard InChI is InChI=1S/C17H25N3/c1-3-18-16(13-9-5-4-6-10-13)17-14-11-7-8-12-15(14)20(2)19-17/h7-8,11-13,16,18H,3-6,9-10H2,1-2H3.